The van der Waals surface area contributed by atoms with Gasteiger partial charge in [0.15, 0.2) is 16.3 Å². The van der Waals surface area contributed by atoms with Crippen LogP contribution in [0.25, 0.3) is 11.2 Å². The van der Waals surface area contributed by atoms with E-state index < -0.39 is 11.2 Å². The zero-order chi connectivity index (χ0) is 22.7. The van der Waals surface area contributed by atoms with E-state index in [0.717, 1.165) is 24.1 Å². The molecular formula is C22H25N7O2S. The first-order valence-electron chi connectivity index (χ1n) is 10.5. The summed E-state index contributed by atoms with van der Waals surface area (Å²) in [4.78, 5) is 41.3. The number of aromatic nitrogens is 6. The number of thioether (sulfide) groups is 1. The number of nitrogens with zero attached hydrogens (tertiary/aromatic N) is 5. The van der Waals surface area contributed by atoms with Crippen LogP contribution in [-0.4, -0.2) is 29.1 Å². The number of fused-ring (bicyclic) bond motifs is 1. The van der Waals surface area contributed by atoms with Crippen molar-refractivity contribution in [3.05, 3.63) is 74.3 Å². The van der Waals surface area contributed by atoms with Gasteiger partial charge >= 0.3 is 5.69 Å². The van der Waals surface area contributed by atoms with Gasteiger partial charge in [-0.3, -0.25) is 14.3 Å². The van der Waals surface area contributed by atoms with Crippen molar-refractivity contribution in [2.24, 2.45) is 0 Å². The molecule has 32 heavy (non-hydrogen) atoms. The van der Waals surface area contributed by atoms with Crippen molar-refractivity contribution in [1.82, 2.24) is 29.1 Å². The Morgan fingerprint density at radius 2 is 1.88 bits per heavy atom. The number of unbranched alkanes of at least 4 members (excludes halogenated alkanes) is 1. The van der Waals surface area contributed by atoms with Crippen molar-refractivity contribution in [1.29, 1.82) is 0 Å². The van der Waals surface area contributed by atoms with Crippen LogP contribution in [0.3, 0.4) is 0 Å². The number of nitrogens with two attached hydrogens (primary N) is 1. The summed E-state index contributed by atoms with van der Waals surface area (Å²) in [6.45, 7) is 4.90. The highest BCUT2D eigenvalue weighted by molar-refractivity contribution is 7.98. The number of aromatic amines is 1. The Morgan fingerprint density at radius 1 is 1.09 bits per heavy atom. The molecule has 0 saturated heterocycles. The van der Waals surface area contributed by atoms with Gasteiger partial charge in [0, 0.05) is 18.3 Å². The largest absolute Gasteiger partial charge is 0.384 e. The van der Waals surface area contributed by atoms with Gasteiger partial charge in [0.05, 0.1) is 12.3 Å². The van der Waals surface area contributed by atoms with Crippen LogP contribution < -0.4 is 17.0 Å². The fourth-order valence-corrected chi connectivity index (χ4v) is 4.41. The summed E-state index contributed by atoms with van der Waals surface area (Å²) in [7, 11) is 0. The monoisotopic (exact) mass is 451 g/mol. The SMILES string of the molecule is CCCCn1c(CSc2nc(C)cc(N)n2)nc2c1c(=O)[nH]c(=O)n2Cc1ccccc1. The maximum atomic E-state index is 12.8. The Balaban J connectivity index is 1.79. The predicted molar refractivity (Wildman–Crippen MR) is 126 cm³/mol. The van der Waals surface area contributed by atoms with E-state index in [2.05, 4.69) is 21.9 Å². The lowest BCUT2D eigenvalue weighted by Gasteiger charge is -2.09. The molecular weight excluding hydrogens is 426 g/mol. The molecule has 0 amide bonds. The van der Waals surface area contributed by atoms with E-state index in [-0.39, 0.29) is 0 Å². The highest BCUT2D eigenvalue weighted by Gasteiger charge is 2.19. The quantitative estimate of drug-likeness (QED) is 0.312. The number of rotatable bonds is 8. The van der Waals surface area contributed by atoms with Crippen LogP contribution in [0.4, 0.5) is 5.82 Å². The zero-order valence-corrected chi connectivity index (χ0v) is 18.9. The molecule has 0 aliphatic carbocycles. The lowest BCUT2D eigenvalue weighted by molar-refractivity contribution is 0.626. The third-order valence-corrected chi connectivity index (χ3v) is 5.91. The minimum Gasteiger partial charge on any atom is -0.384 e. The van der Waals surface area contributed by atoms with Gasteiger partial charge in [-0.05, 0) is 18.9 Å². The molecule has 0 fully saturated rings. The molecule has 166 valence electrons. The number of H-pyrrole nitrogens is 1. The van der Waals surface area contributed by atoms with Crippen molar-refractivity contribution < 1.29 is 0 Å². The number of hydrogen-bond acceptors (Lipinski definition) is 7. The maximum Gasteiger partial charge on any atom is 0.330 e. The van der Waals surface area contributed by atoms with Crippen molar-refractivity contribution in [2.75, 3.05) is 5.73 Å². The van der Waals surface area contributed by atoms with E-state index in [1.54, 1.807) is 6.07 Å². The number of anilines is 1. The average molecular weight is 452 g/mol. The van der Waals surface area contributed by atoms with E-state index in [0.29, 0.717) is 46.8 Å². The molecule has 3 heterocycles. The second kappa shape index (κ2) is 9.39. The van der Waals surface area contributed by atoms with Crippen LogP contribution in [0, 0.1) is 6.92 Å². The summed E-state index contributed by atoms with van der Waals surface area (Å²) >= 11 is 1.40. The number of imidazole rings is 1. The lowest BCUT2D eigenvalue weighted by Crippen LogP contribution is -2.31. The van der Waals surface area contributed by atoms with E-state index in [9.17, 15) is 9.59 Å². The first-order chi connectivity index (χ1) is 15.5. The molecule has 0 saturated carbocycles. The third kappa shape index (κ3) is 4.59. The Hall–Kier alpha value is -3.40. The van der Waals surface area contributed by atoms with E-state index in [4.69, 9.17) is 10.7 Å². The molecule has 4 rings (SSSR count). The molecule has 4 aromatic rings. The molecule has 0 bridgehead atoms. The summed E-state index contributed by atoms with van der Waals surface area (Å²) in [6, 6.07) is 11.3. The Labute approximate surface area is 188 Å². The summed E-state index contributed by atoms with van der Waals surface area (Å²) in [5.41, 5.74) is 7.48. The fourth-order valence-electron chi connectivity index (χ4n) is 3.56. The zero-order valence-electron chi connectivity index (χ0n) is 18.0. The van der Waals surface area contributed by atoms with Gasteiger partial charge in [-0.25, -0.2) is 19.7 Å². The van der Waals surface area contributed by atoms with Crippen LogP contribution in [0.15, 0.2) is 51.1 Å². The predicted octanol–water partition coefficient (Wildman–Crippen LogP) is 2.71. The first-order valence-corrected chi connectivity index (χ1v) is 11.4. The number of hydrogen-bond donors (Lipinski definition) is 2. The third-order valence-electron chi connectivity index (χ3n) is 5.07. The summed E-state index contributed by atoms with van der Waals surface area (Å²) in [6.07, 6.45) is 1.85. The summed E-state index contributed by atoms with van der Waals surface area (Å²) in [5.74, 6) is 1.55. The highest BCUT2D eigenvalue weighted by Crippen LogP contribution is 2.23. The smallest absolute Gasteiger partial charge is 0.330 e. The maximum absolute atomic E-state index is 12.8. The van der Waals surface area contributed by atoms with Crippen molar-refractivity contribution in [3.63, 3.8) is 0 Å². The van der Waals surface area contributed by atoms with Crippen molar-refractivity contribution in [3.8, 4) is 0 Å². The molecule has 0 aliphatic rings. The first kappa shape index (κ1) is 21.8. The van der Waals surface area contributed by atoms with Gasteiger partial charge in [-0.2, -0.15) is 0 Å². The second-order valence-electron chi connectivity index (χ2n) is 7.54. The highest BCUT2D eigenvalue weighted by atomic mass is 32.2. The van der Waals surface area contributed by atoms with Crippen LogP contribution in [0.1, 0.15) is 36.8 Å². The van der Waals surface area contributed by atoms with E-state index in [1.807, 2.05) is 41.8 Å². The van der Waals surface area contributed by atoms with Gasteiger partial charge < -0.3 is 10.3 Å². The number of nitrogens with one attached hydrogen (secondary N) is 1. The molecule has 0 spiro atoms. The molecule has 1 aromatic carbocycles. The van der Waals surface area contributed by atoms with Crippen molar-refractivity contribution in [2.45, 2.75) is 50.7 Å². The lowest BCUT2D eigenvalue weighted by atomic mass is 10.2. The normalized spacial score (nSPS) is 11.3. The molecule has 3 N–H and O–H groups in total. The Kier molecular flexibility index (Phi) is 6.40. The molecule has 0 unspecified atom stereocenters. The topological polar surface area (TPSA) is 124 Å². The average Bonchev–Trinajstić information content (AvgIpc) is 3.12. The Morgan fingerprint density at radius 3 is 2.59 bits per heavy atom. The van der Waals surface area contributed by atoms with Crippen LogP contribution in [0.5, 0.6) is 0 Å². The molecule has 0 atom stereocenters. The standard InChI is InChI=1S/C22H25N7O2S/c1-3-4-10-28-17(13-32-21-24-14(2)11-16(23)25-21)26-19-18(28)20(30)27-22(31)29(19)12-15-8-6-5-7-9-15/h5-9,11H,3-4,10,12-13H2,1-2H3,(H2,23,24,25)(H,27,30,31). The molecule has 0 radical (unpaired) electrons. The second-order valence-corrected chi connectivity index (χ2v) is 8.48. The van der Waals surface area contributed by atoms with Crippen LogP contribution in [-0.2, 0) is 18.8 Å². The van der Waals surface area contributed by atoms with Gasteiger partial charge in [0.2, 0.25) is 0 Å². The van der Waals surface area contributed by atoms with Gasteiger partial charge in [0.1, 0.15) is 11.6 Å². The van der Waals surface area contributed by atoms with E-state index in [1.165, 1.54) is 16.3 Å². The van der Waals surface area contributed by atoms with Crippen LogP contribution in [0.2, 0.25) is 0 Å². The van der Waals surface area contributed by atoms with Gasteiger partial charge in [0.25, 0.3) is 5.56 Å². The van der Waals surface area contributed by atoms with Crippen LogP contribution >= 0.6 is 11.8 Å². The van der Waals surface area contributed by atoms with Crippen molar-refractivity contribution >= 4 is 28.7 Å². The molecule has 9 nitrogen and oxygen atoms in total. The van der Waals surface area contributed by atoms with E-state index >= 15 is 0 Å². The summed E-state index contributed by atoms with van der Waals surface area (Å²) < 4.78 is 3.43. The van der Waals surface area contributed by atoms with Gasteiger partial charge in [-0.15, -0.1) is 0 Å². The molecule has 3 aromatic heterocycles. The number of nitrogen functional groups attached to an aromatic ring is 1. The minimum absolute atomic E-state index is 0.321. The molecule has 0 aliphatic heterocycles. The molecule has 10 heteroatoms. The minimum atomic E-state index is -0.472. The van der Waals surface area contributed by atoms with Gasteiger partial charge in [-0.1, -0.05) is 55.4 Å². The Bertz CT molecular complexity index is 1340. The number of aryl methyl sites for hydroxylation is 2. The fraction of sp³-hybridized carbons (Fsp3) is 0.318. The summed E-state index contributed by atoms with van der Waals surface area (Å²) in [5, 5.41) is 0.548. The number of benzene rings is 1.